The quantitative estimate of drug-likeness (QED) is 0.0677. The van der Waals surface area contributed by atoms with Gasteiger partial charge in [-0.25, -0.2) is 19.4 Å². The lowest BCUT2D eigenvalue weighted by Gasteiger charge is -2.35. The molecule has 0 saturated carbocycles. The molecule has 2 aliphatic rings. The van der Waals surface area contributed by atoms with Gasteiger partial charge in [0.2, 0.25) is 5.60 Å². The van der Waals surface area contributed by atoms with Gasteiger partial charge in [-0.15, -0.1) is 0 Å². The highest BCUT2D eigenvalue weighted by molar-refractivity contribution is 5.90. The molecule has 0 bridgehead atoms. The second-order valence-corrected chi connectivity index (χ2v) is 12.3. The molecule has 2 aliphatic heterocycles. The fourth-order valence-corrected chi connectivity index (χ4v) is 6.03. The number of non-ortho nitro benzene ring substituents is 1. The first kappa shape index (κ1) is 32.2. The van der Waals surface area contributed by atoms with Crippen LogP contribution in [0.4, 0.5) is 15.3 Å². The van der Waals surface area contributed by atoms with Crippen LogP contribution in [0.1, 0.15) is 63.3 Å². The molecule has 0 N–H and O–H groups in total. The minimum absolute atomic E-state index is 0.0490. The predicted molar refractivity (Wildman–Crippen MR) is 169 cm³/mol. The highest BCUT2D eigenvalue weighted by Crippen LogP contribution is 2.42. The van der Waals surface area contributed by atoms with Crippen LogP contribution in [0.15, 0.2) is 53.3 Å². The Hall–Kier alpha value is -5.79. The predicted octanol–water partition coefficient (Wildman–Crippen LogP) is 6.09. The summed E-state index contributed by atoms with van der Waals surface area (Å²) in [6.07, 6.45) is -1.63. The standard InChI is InChI=1S/C34H31N3O11/c1-6-21-22-14-20(46-31(40)47-33(3,4)5)12-13-26(22)35-28-23(21)16-36-27(28)15-25-24(29(36)38)17-44-30(39)34(25,7-2)48-32(41)45-19-10-8-18(9-11-19)37(42)43/h8-15H,6-7,16-17H2,1-5H3/t34-/m0/s1. The molecule has 2 aromatic carbocycles. The third kappa shape index (κ3) is 5.58. The summed E-state index contributed by atoms with van der Waals surface area (Å²) in [6.45, 7) is 8.64. The summed E-state index contributed by atoms with van der Waals surface area (Å²) in [7, 11) is 0. The van der Waals surface area contributed by atoms with E-state index in [1.165, 1.54) is 12.1 Å². The van der Waals surface area contributed by atoms with E-state index in [1.54, 1.807) is 56.5 Å². The fraction of sp³-hybridized carbons (Fsp3) is 0.324. The maximum Gasteiger partial charge on any atom is 0.515 e. The summed E-state index contributed by atoms with van der Waals surface area (Å²) in [5, 5.41) is 11.7. The number of aryl methyl sites for hydroxylation is 1. The molecule has 2 aromatic heterocycles. The van der Waals surface area contributed by atoms with E-state index in [0.717, 1.165) is 28.6 Å². The molecule has 0 radical (unpaired) electrons. The molecule has 0 unspecified atom stereocenters. The molecule has 4 heterocycles. The summed E-state index contributed by atoms with van der Waals surface area (Å²) in [5.74, 6) is -0.650. The Kier molecular flexibility index (Phi) is 7.89. The second kappa shape index (κ2) is 11.8. The van der Waals surface area contributed by atoms with E-state index >= 15 is 0 Å². The molecule has 248 valence electrons. The summed E-state index contributed by atoms with van der Waals surface area (Å²) in [6, 6.07) is 11.4. The Balaban J connectivity index is 1.39. The molecule has 14 heteroatoms. The van der Waals surface area contributed by atoms with Gasteiger partial charge in [-0.05, 0) is 75.6 Å². The highest BCUT2D eigenvalue weighted by Gasteiger charge is 2.51. The van der Waals surface area contributed by atoms with Crippen LogP contribution in [0, 0.1) is 10.1 Å². The number of nitrogens with zero attached hydrogens (tertiary/aromatic N) is 3. The van der Waals surface area contributed by atoms with E-state index in [1.807, 2.05) is 6.92 Å². The van der Waals surface area contributed by atoms with Crippen LogP contribution in [0.5, 0.6) is 11.5 Å². The number of cyclic esters (lactones) is 1. The van der Waals surface area contributed by atoms with E-state index in [2.05, 4.69) is 0 Å². The number of fused-ring (bicyclic) bond motifs is 5. The largest absolute Gasteiger partial charge is 0.515 e. The number of carbonyl (C=O) groups is 3. The van der Waals surface area contributed by atoms with Crippen molar-refractivity contribution in [2.24, 2.45) is 0 Å². The van der Waals surface area contributed by atoms with Gasteiger partial charge in [0.25, 0.3) is 11.2 Å². The molecule has 0 fully saturated rings. The SMILES string of the molecule is CCc1c2c(nc3ccc(OC(=O)OC(C)(C)C)cc13)-c1cc3c(c(=O)n1C2)COC(=O)[C@@]3(CC)OC(=O)Oc1ccc([N+](=O)[O-])cc1. The molecule has 0 aliphatic carbocycles. The number of aromatic nitrogens is 2. The Bertz CT molecular complexity index is 2080. The van der Waals surface area contributed by atoms with Crippen molar-refractivity contribution in [1.82, 2.24) is 9.55 Å². The summed E-state index contributed by atoms with van der Waals surface area (Å²) in [5.41, 5.74) is 0.143. The van der Waals surface area contributed by atoms with Gasteiger partial charge < -0.3 is 28.3 Å². The van der Waals surface area contributed by atoms with Crippen molar-refractivity contribution >= 4 is 34.9 Å². The van der Waals surface area contributed by atoms with Crippen LogP contribution in [0.3, 0.4) is 0 Å². The van der Waals surface area contributed by atoms with Crippen LogP contribution in [0.2, 0.25) is 0 Å². The van der Waals surface area contributed by atoms with Gasteiger partial charge in [-0.1, -0.05) is 13.8 Å². The molecule has 1 atom stereocenters. The summed E-state index contributed by atoms with van der Waals surface area (Å²) >= 11 is 0. The number of rotatable bonds is 6. The molecule has 14 nitrogen and oxygen atoms in total. The lowest BCUT2D eigenvalue weighted by Crippen LogP contribution is -2.47. The van der Waals surface area contributed by atoms with Gasteiger partial charge in [-0.2, -0.15) is 0 Å². The molecular formula is C34H31N3O11. The molecule has 48 heavy (non-hydrogen) atoms. The normalized spacial score (nSPS) is 16.3. The fourth-order valence-electron chi connectivity index (χ4n) is 6.03. The smallest absolute Gasteiger partial charge is 0.457 e. The second-order valence-electron chi connectivity index (χ2n) is 12.3. The van der Waals surface area contributed by atoms with E-state index in [4.69, 9.17) is 28.7 Å². The van der Waals surface area contributed by atoms with Crippen molar-refractivity contribution < 1.29 is 43.0 Å². The van der Waals surface area contributed by atoms with Crippen molar-refractivity contribution in [3.63, 3.8) is 0 Å². The zero-order chi connectivity index (χ0) is 34.5. The van der Waals surface area contributed by atoms with Gasteiger partial charge >= 0.3 is 18.3 Å². The Morgan fingerprint density at radius 3 is 2.33 bits per heavy atom. The van der Waals surface area contributed by atoms with Gasteiger partial charge in [0.1, 0.15) is 23.7 Å². The average Bonchev–Trinajstić information content (AvgIpc) is 3.39. The number of carbonyl (C=O) groups excluding carboxylic acids is 3. The highest BCUT2D eigenvalue weighted by atomic mass is 16.7. The number of nitro groups is 1. The first-order chi connectivity index (χ1) is 22.7. The van der Waals surface area contributed by atoms with E-state index < -0.39 is 40.0 Å². The molecular weight excluding hydrogens is 626 g/mol. The molecule has 6 rings (SSSR count). The molecule has 0 saturated heterocycles. The maximum absolute atomic E-state index is 14.0. The van der Waals surface area contributed by atoms with Crippen LogP contribution in [-0.4, -0.2) is 38.4 Å². The number of pyridine rings is 2. The zero-order valence-electron chi connectivity index (χ0n) is 26.8. The van der Waals surface area contributed by atoms with Crippen molar-refractivity contribution in [2.75, 3.05) is 0 Å². The number of benzene rings is 2. The Labute approximate surface area is 273 Å². The molecule has 0 spiro atoms. The Morgan fingerprint density at radius 2 is 1.69 bits per heavy atom. The molecule has 4 aromatic rings. The zero-order valence-corrected chi connectivity index (χ0v) is 26.8. The maximum atomic E-state index is 14.0. The third-order valence-electron chi connectivity index (χ3n) is 8.20. The van der Waals surface area contributed by atoms with E-state index in [-0.39, 0.29) is 47.9 Å². The topological polar surface area (TPSA) is 175 Å². The van der Waals surface area contributed by atoms with Gasteiger partial charge in [0.15, 0.2) is 0 Å². The number of hydrogen-bond acceptors (Lipinski definition) is 12. The number of esters is 1. The number of hydrogen-bond donors (Lipinski definition) is 0. The first-order valence-electron chi connectivity index (χ1n) is 15.2. The average molecular weight is 658 g/mol. The van der Waals surface area contributed by atoms with Crippen LogP contribution < -0.4 is 15.0 Å². The number of ether oxygens (including phenoxy) is 5. The van der Waals surface area contributed by atoms with E-state index in [9.17, 15) is 29.3 Å². The van der Waals surface area contributed by atoms with Crippen LogP contribution in [0.25, 0.3) is 22.3 Å². The summed E-state index contributed by atoms with van der Waals surface area (Å²) in [4.78, 5) is 67.9. The van der Waals surface area contributed by atoms with Crippen molar-refractivity contribution in [2.45, 2.75) is 71.8 Å². The van der Waals surface area contributed by atoms with Crippen LogP contribution >= 0.6 is 0 Å². The van der Waals surface area contributed by atoms with Gasteiger partial charge in [0, 0.05) is 28.6 Å². The first-order valence-corrected chi connectivity index (χ1v) is 15.2. The van der Waals surface area contributed by atoms with Crippen molar-refractivity contribution in [3.8, 4) is 22.9 Å². The lowest BCUT2D eigenvalue weighted by atomic mass is 9.85. The monoisotopic (exact) mass is 657 g/mol. The lowest BCUT2D eigenvalue weighted by molar-refractivity contribution is -0.384. The minimum Gasteiger partial charge on any atom is -0.457 e. The van der Waals surface area contributed by atoms with Crippen molar-refractivity contribution in [3.05, 3.63) is 91.3 Å². The number of nitro benzene ring substituents is 1. The van der Waals surface area contributed by atoms with Gasteiger partial charge in [0.05, 0.1) is 33.9 Å². The van der Waals surface area contributed by atoms with Gasteiger partial charge in [-0.3, -0.25) is 14.9 Å². The molecule has 0 amide bonds. The van der Waals surface area contributed by atoms with E-state index in [0.29, 0.717) is 23.3 Å². The minimum atomic E-state index is -2.01. The Morgan fingerprint density at radius 1 is 1.00 bits per heavy atom. The van der Waals surface area contributed by atoms with Crippen LogP contribution in [-0.2, 0) is 44.2 Å². The third-order valence-corrected chi connectivity index (χ3v) is 8.20. The van der Waals surface area contributed by atoms with Crippen molar-refractivity contribution in [1.29, 1.82) is 0 Å². The summed E-state index contributed by atoms with van der Waals surface area (Å²) < 4.78 is 28.5.